The third kappa shape index (κ3) is 6.31. The van der Waals surface area contributed by atoms with E-state index in [4.69, 9.17) is 9.47 Å². The van der Waals surface area contributed by atoms with E-state index in [1.165, 1.54) is 0 Å². The van der Waals surface area contributed by atoms with Crippen LogP contribution in [0.25, 0.3) is 6.08 Å². The van der Waals surface area contributed by atoms with Gasteiger partial charge >= 0.3 is 11.9 Å². The highest BCUT2D eigenvalue weighted by molar-refractivity contribution is 6.44. The largest absolute Gasteiger partial charge is 0.456 e. The van der Waals surface area contributed by atoms with Crippen molar-refractivity contribution in [3.05, 3.63) is 134 Å². The number of H-pyrrole nitrogens is 2. The lowest BCUT2D eigenvalue weighted by Gasteiger charge is -2.05. The molecule has 3 heterocycles. The molecule has 0 amide bonds. The Kier molecular flexibility index (Phi) is 8.62. The molecule has 0 bridgehead atoms. The number of nitrogens with zero attached hydrogens (tertiary/aromatic N) is 1. The Morgan fingerprint density at radius 2 is 1.21 bits per heavy atom. The quantitative estimate of drug-likeness (QED) is 0.203. The standard InChI is InChI=1S/C36H37N3O4/c1-21-22(2)30(18-32-24(4)26(6)34(39-32)36(41)43-20-28-15-11-8-12-16-28)37-29(21)17-31-23(3)25(5)33(38-31)35(40)42-19-27-13-9-7-10-14-27/h7-17,37,39H,18-20H2,1-6H3/b31-17-. The fourth-order valence-electron chi connectivity index (χ4n) is 5.13. The molecule has 220 valence electrons. The predicted octanol–water partition coefficient (Wildman–Crippen LogP) is 7.40. The number of allylic oxidation sites excluding steroid dienone is 1. The van der Waals surface area contributed by atoms with Crippen molar-refractivity contribution in [3.63, 3.8) is 0 Å². The van der Waals surface area contributed by atoms with Crippen LogP contribution in [-0.2, 0) is 33.9 Å². The molecule has 0 spiro atoms. The summed E-state index contributed by atoms with van der Waals surface area (Å²) in [6.45, 7) is 12.4. The Morgan fingerprint density at radius 3 is 1.81 bits per heavy atom. The normalized spacial score (nSPS) is 13.9. The average Bonchev–Trinajstić information content (AvgIpc) is 3.57. The van der Waals surface area contributed by atoms with Crippen molar-refractivity contribution in [1.82, 2.24) is 9.97 Å². The Balaban J connectivity index is 1.32. The summed E-state index contributed by atoms with van der Waals surface area (Å²) in [5, 5.41) is 0. The third-order valence-corrected chi connectivity index (χ3v) is 8.36. The first-order chi connectivity index (χ1) is 20.6. The number of esters is 2. The van der Waals surface area contributed by atoms with Crippen LogP contribution < -0.4 is 0 Å². The second-order valence-electron chi connectivity index (χ2n) is 11.0. The van der Waals surface area contributed by atoms with Gasteiger partial charge in [0.05, 0.1) is 5.70 Å². The van der Waals surface area contributed by atoms with Gasteiger partial charge in [-0.25, -0.2) is 14.6 Å². The van der Waals surface area contributed by atoms with E-state index in [-0.39, 0.29) is 19.2 Å². The van der Waals surface area contributed by atoms with Crippen LogP contribution in [0.5, 0.6) is 0 Å². The highest BCUT2D eigenvalue weighted by atomic mass is 16.5. The Bertz CT molecular complexity index is 1770. The number of carbonyl (C=O) groups is 2. The number of benzene rings is 2. The van der Waals surface area contributed by atoms with E-state index in [9.17, 15) is 9.59 Å². The SMILES string of the molecule is CC1=C(C)/C(=C/c2[nH]c(Cc3[nH]c(C(=O)OCc4ccccc4)c(C)c3C)c(C)c2C)N=C1C(=O)OCc1ccccc1. The van der Waals surface area contributed by atoms with Crippen LogP contribution in [0.3, 0.4) is 0 Å². The van der Waals surface area contributed by atoms with Crippen LogP contribution in [0.4, 0.5) is 0 Å². The summed E-state index contributed by atoms with van der Waals surface area (Å²) in [5.41, 5.74) is 12.3. The average molecular weight is 576 g/mol. The summed E-state index contributed by atoms with van der Waals surface area (Å²) in [6.07, 6.45) is 2.59. The number of ether oxygens (including phenoxy) is 2. The summed E-state index contributed by atoms with van der Waals surface area (Å²) in [7, 11) is 0. The van der Waals surface area contributed by atoms with Crippen molar-refractivity contribution in [3.8, 4) is 0 Å². The molecule has 43 heavy (non-hydrogen) atoms. The molecule has 0 fully saturated rings. The van der Waals surface area contributed by atoms with Crippen LogP contribution in [0.1, 0.15) is 74.8 Å². The summed E-state index contributed by atoms with van der Waals surface area (Å²) in [5.74, 6) is -0.796. The maximum Gasteiger partial charge on any atom is 0.357 e. The molecule has 0 atom stereocenters. The number of aliphatic imine (C=N–C) groups is 1. The molecule has 0 saturated heterocycles. The monoisotopic (exact) mass is 575 g/mol. The molecule has 0 unspecified atom stereocenters. The zero-order valence-electron chi connectivity index (χ0n) is 25.6. The molecule has 7 heteroatoms. The molecule has 4 aromatic rings. The molecular weight excluding hydrogens is 538 g/mol. The van der Waals surface area contributed by atoms with Crippen LogP contribution in [0.15, 0.2) is 82.5 Å². The second-order valence-corrected chi connectivity index (χ2v) is 11.0. The van der Waals surface area contributed by atoms with Crippen molar-refractivity contribution >= 4 is 23.7 Å². The van der Waals surface area contributed by atoms with Gasteiger partial charge in [-0.15, -0.1) is 0 Å². The summed E-state index contributed by atoms with van der Waals surface area (Å²) in [6, 6.07) is 19.3. The summed E-state index contributed by atoms with van der Waals surface area (Å²) < 4.78 is 11.1. The van der Waals surface area contributed by atoms with Gasteiger partial charge in [-0.2, -0.15) is 0 Å². The predicted molar refractivity (Wildman–Crippen MR) is 169 cm³/mol. The van der Waals surface area contributed by atoms with Gasteiger partial charge in [0.2, 0.25) is 0 Å². The number of carbonyl (C=O) groups excluding carboxylic acids is 2. The number of nitrogens with one attached hydrogen (secondary N) is 2. The minimum absolute atomic E-state index is 0.201. The van der Waals surface area contributed by atoms with Crippen molar-refractivity contribution in [1.29, 1.82) is 0 Å². The second kappa shape index (κ2) is 12.5. The molecule has 2 aromatic carbocycles. The van der Waals surface area contributed by atoms with E-state index in [2.05, 4.69) is 28.8 Å². The molecule has 5 rings (SSSR count). The van der Waals surface area contributed by atoms with E-state index in [1.54, 1.807) is 0 Å². The van der Waals surface area contributed by atoms with E-state index in [0.29, 0.717) is 17.8 Å². The van der Waals surface area contributed by atoms with Gasteiger partial charge in [0.15, 0.2) is 5.71 Å². The fourth-order valence-corrected chi connectivity index (χ4v) is 5.13. The van der Waals surface area contributed by atoms with Gasteiger partial charge in [-0.05, 0) is 92.1 Å². The van der Waals surface area contributed by atoms with Crippen molar-refractivity contribution in [2.75, 3.05) is 0 Å². The Hall–Kier alpha value is -4.91. The minimum atomic E-state index is -0.431. The maximum atomic E-state index is 12.9. The fraction of sp³-hybridized carbons (Fsp3) is 0.250. The van der Waals surface area contributed by atoms with Gasteiger partial charge in [0.1, 0.15) is 18.9 Å². The number of rotatable bonds is 9. The third-order valence-electron chi connectivity index (χ3n) is 8.36. The molecule has 2 N–H and O–H groups in total. The van der Waals surface area contributed by atoms with Crippen LogP contribution in [0.2, 0.25) is 0 Å². The molecule has 2 aromatic heterocycles. The Labute approximate surface area is 252 Å². The first-order valence-corrected chi connectivity index (χ1v) is 14.4. The minimum Gasteiger partial charge on any atom is -0.456 e. The molecular formula is C36H37N3O4. The molecule has 1 aliphatic rings. The molecule has 0 saturated carbocycles. The van der Waals surface area contributed by atoms with Gasteiger partial charge in [0, 0.05) is 23.5 Å². The zero-order chi connectivity index (χ0) is 30.7. The molecule has 1 aliphatic heterocycles. The maximum absolute atomic E-state index is 12.9. The number of aromatic amines is 2. The first-order valence-electron chi connectivity index (χ1n) is 14.4. The van der Waals surface area contributed by atoms with Crippen molar-refractivity contribution in [2.45, 2.75) is 61.2 Å². The number of hydrogen-bond donors (Lipinski definition) is 2. The smallest absolute Gasteiger partial charge is 0.357 e. The Morgan fingerprint density at radius 1 is 0.674 bits per heavy atom. The van der Waals surface area contributed by atoms with Crippen LogP contribution in [-0.4, -0.2) is 27.6 Å². The highest BCUT2D eigenvalue weighted by Gasteiger charge is 2.25. The van der Waals surface area contributed by atoms with Gasteiger partial charge in [-0.3, -0.25) is 0 Å². The molecule has 0 aliphatic carbocycles. The lowest BCUT2D eigenvalue weighted by Crippen LogP contribution is -2.17. The van der Waals surface area contributed by atoms with Crippen LogP contribution >= 0.6 is 0 Å². The van der Waals surface area contributed by atoms with E-state index >= 15 is 0 Å². The van der Waals surface area contributed by atoms with Crippen molar-refractivity contribution in [2.24, 2.45) is 4.99 Å². The lowest BCUT2D eigenvalue weighted by atomic mass is 10.0. The van der Waals surface area contributed by atoms with Gasteiger partial charge in [0.25, 0.3) is 0 Å². The van der Waals surface area contributed by atoms with E-state index in [1.807, 2.05) is 94.4 Å². The van der Waals surface area contributed by atoms with E-state index < -0.39 is 5.97 Å². The highest BCUT2D eigenvalue weighted by Crippen LogP contribution is 2.30. The summed E-state index contributed by atoms with van der Waals surface area (Å²) in [4.78, 5) is 37.3. The lowest BCUT2D eigenvalue weighted by molar-refractivity contribution is -0.136. The van der Waals surface area contributed by atoms with Gasteiger partial charge in [-0.1, -0.05) is 60.7 Å². The van der Waals surface area contributed by atoms with Crippen molar-refractivity contribution < 1.29 is 19.1 Å². The molecule has 0 radical (unpaired) electrons. The van der Waals surface area contributed by atoms with Gasteiger partial charge < -0.3 is 19.4 Å². The first kappa shape index (κ1) is 29.6. The zero-order valence-corrected chi connectivity index (χ0v) is 25.6. The number of hydrogen-bond acceptors (Lipinski definition) is 5. The van der Waals surface area contributed by atoms with E-state index in [0.717, 1.165) is 67.3 Å². The van der Waals surface area contributed by atoms with Crippen LogP contribution in [0, 0.1) is 27.7 Å². The summed E-state index contributed by atoms with van der Waals surface area (Å²) >= 11 is 0. The number of aromatic nitrogens is 2. The molecule has 7 nitrogen and oxygen atoms in total. The topological polar surface area (TPSA) is 96.5 Å².